The number of carbonyl (C=O) groups excluding carboxylic acids is 1. The molecule has 1 aliphatic heterocycles. The number of aromatic nitrogens is 3. The van der Waals surface area contributed by atoms with Crippen LogP contribution in [0, 0.1) is 6.92 Å². The molecule has 2 aromatic heterocycles. The monoisotopic (exact) mass is 382 g/mol. The van der Waals surface area contributed by atoms with Gasteiger partial charge in [-0.1, -0.05) is 35.5 Å². The van der Waals surface area contributed by atoms with Crippen LogP contribution in [0.2, 0.25) is 0 Å². The van der Waals surface area contributed by atoms with E-state index in [2.05, 4.69) is 15.1 Å². The van der Waals surface area contributed by atoms with Crippen LogP contribution in [0.15, 0.2) is 45.7 Å². The van der Waals surface area contributed by atoms with E-state index >= 15 is 0 Å². The van der Waals surface area contributed by atoms with Crippen molar-refractivity contribution in [2.24, 2.45) is 0 Å². The largest absolute Gasteiger partial charge is 0.438 e. The van der Waals surface area contributed by atoms with Crippen molar-refractivity contribution in [3.63, 3.8) is 0 Å². The SMILES string of the molecule is Cc1ncoc1C(=O)N1CCC(c2noc(COCc3ccccc3)n2)CC1. The number of amides is 1. The molecule has 0 bridgehead atoms. The molecule has 146 valence electrons. The first-order chi connectivity index (χ1) is 13.7. The van der Waals surface area contributed by atoms with E-state index in [-0.39, 0.29) is 18.4 Å². The topological polar surface area (TPSA) is 94.5 Å². The first kappa shape index (κ1) is 18.4. The van der Waals surface area contributed by atoms with Gasteiger partial charge in [-0.3, -0.25) is 4.79 Å². The summed E-state index contributed by atoms with van der Waals surface area (Å²) in [5.74, 6) is 1.53. The highest BCUT2D eigenvalue weighted by Crippen LogP contribution is 2.27. The second-order valence-corrected chi connectivity index (χ2v) is 6.86. The molecule has 0 aliphatic carbocycles. The number of likely N-dealkylation sites (tertiary alicyclic amines) is 1. The standard InChI is InChI=1S/C20H22N4O4/c1-14-18(27-13-21-14)20(25)24-9-7-16(8-10-24)19-22-17(28-23-19)12-26-11-15-5-3-2-4-6-15/h2-6,13,16H,7-12H2,1H3. The highest BCUT2D eigenvalue weighted by atomic mass is 16.5. The van der Waals surface area contributed by atoms with Gasteiger partial charge >= 0.3 is 0 Å². The van der Waals surface area contributed by atoms with Gasteiger partial charge in [-0.25, -0.2) is 4.98 Å². The Labute approximate surface area is 162 Å². The molecule has 0 unspecified atom stereocenters. The van der Waals surface area contributed by atoms with Crippen LogP contribution in [0.1, 0.15) is 52.3 Å². The number of benzene rings is 1. The third-order valence-electron chi connectivity index (χ3n) is 4.91. The lowest BCUT2D eigenvalue weighted by Gasteiger charge is -2.30. The lowest BCUT2D eigenvalue weighted by molar-refractivity contribution is 0.0677. The molecule has 0 spiro atoms. The predicted molar refractivity (Wildman–Crippen MR) is 98.4 cm³/mol. The van der Waals surface area contributed by atoms with Crippen molar-refractivity contribution in [1.29, 1.82) is 0 Å². The van der Waals surface area contributed by atoms with Gasteiger partial charge in [0.1, 0.15) is 6.61 Å². The van der Waals surface area contributed by atoms with Crippen molar-refractivity contribution >= 4 is 5.91 Å². The number of nitrogens with zero attached hydrogens (tertiary/aromatic N) is 4. The number of oxazole rings is 1. The van der Waals surface area contributed by atoms with Gasteiger partial charge in [-0.2, -0.15) is 4.98 Å². The van der Waals surface area contributed by atoms with Crippen LogP contribution in [-0.4, -0.2) is 39.0 Å². The van der Waals surface area contributed by atoms with Gasteiger partial charge in [0.05, 0.1) is 12.3 Å². The minimum atomic E-state index is -0.114. The molecule has 4 rings (SSSR count). The Bertz CT molecular complexity index is 913. The van der Waals surface area contributed by atoms with Gasteiger partial charge in [-0.15, -0.1) is 0 Å². The van der Waals surface area contributed by atoms with Crippen molar-refractivity contribution in [1.82, 2.24) is 20.0 Å². The first-order valence-corrected chi connectivity index (χ1v) is 9.34. The molecule has 3 heterocycles. The molecule has 1 saturated heterocycles. The zero-order valence-electron chi connectivity index (χ0n) is 15.7. The summed E-state index contributed by atoms with van der Waals surface area (Å²) in [6.45, 7) is 3.80. The lowest BCUT2D eigenvalue weighted by atomic mass is 9.96. The molecular formula is C20H22N4O4. The van der Waals surface area contributed by atoms with E-state index in [1.54, 1.807) is 11.8 Å². The van der Waals surface area contributed by atoms with Crippen molar-refractivity contribution in [2.45, 2.75) is 38.9 Å². The number of carbonyl (C=O) groups is 1. The maximum Gasteiger partial charge on any atom is 0.291 e. The Hall–Kier alpha value is -3.00. The molecule has 0 N–H and O–H groups in total. The Morgan fingerprint density at radius 1 is 1.21 bits per heavy atom. The number of rotatable bonds is 6. The van der Waals surface area contributed by atoms with Gasteiger partial charge in [0.15, 0.2) is 12.2 Å². The zero-order chi connectivity index (χ0) is 19.3. The smallest absolute Gasteiger partial charge is 0.291 e. The fourth-order valence-corrected chi connectivity index (χ4v) is 3.31. The number of hydrogen-bond acceptors (Lipinski definition) is 7. The minimum Gasteiger partial charge on any atom is -0.438 e. The number of piperidine rings is 1. The molecule has 0 saturated carbocycles. The highest BCUT2D eigenvalue weighted by Gasteiger charge is 2.29. The summed E-state index contributed by atoms with van der Waals surface area (Å²) in [6, 6.07) is 9.94. The second-order valence-electron chi connectivity index (χ2n) is 6.86. The van der Waals surface area contributed by atoms with E-state index in [0.717, 1.165) is 18.4 Å². The summed E-state index contributed by atoms with van der Waals surface area (Å²) in [4.78, 5) is 22.7. The molecule has 0 radical (unpaired) electrons. The molecule has 1 aliphatic rings. The van der Waals surface area contributed by atoms with Crippen LogP contribution in [0.25, 0.3) is 0 Å². The summed E-state index contributed by atoms with van der Waals surface area (Å²) in [7, 11) is 0. The average Bonchev–Trinajstić information content (AvgIpc) is 3.38. The zero-order valence-corrected chi connectivity index (χ0v) is 15.7. The molecule has 1 aromatic carbocycles. The highest BCUT2D eigenvalue weighted by molar-refractivity contribution is 5.92. The molecule has 0 atom stereocenters. The van der Waals surface area contributed by atoms with Crippen LogP contribution >= 0.6 is 0 Å². The van der Waals surface area contributed by atoms with Crippen LogP contribution in [0.5, 0.6) is 0 Å². The Morgan fingerprint density at radius 2 is 2.00 bits per heavy atom. The molecule has 8 heteroatoms. The molecule has 28 heavy (non-hydrogen) atoms. The molecule has 1 fully saturated rings. The van der Waals surface area contributed by atoms with Crippen molar-refractivity contribution in [2.75, 3.05) is 13.1 Å². The fraction of sp³-hybridized carbons (Fsp3) is 0.400. The van der Waals surface area contributed by atoms with E-state index in [4.69, 9.17) is 13.7 Å². The number of aryl methyl sites for hydroxylation is 1. The summed E-state index contributed by atoms with van der Waals surface area (Å²) in [5.41, 5.74) is 1.71. The summed E-state index contributed by atoms with van der Waals surface area (Å²) >= 11 is 0. The quantitative estimate of drug-likeness (QED) is 0.646. The van der Waals surface area contributed by atoms with Gasteiger partial charge < -0.3 is 18.6 Å². The second kappa shape index (κ2) is 8.35. The molecule has 3 aromatic rings. The van der Waals surface area contributed by atoms with E-state index in [0.29, 0.717) is 42.9 Å². The van der Waals surface area contributed by atoms with Crippen LogP contribution in [0.4, 0.5) is 0 Å². The third kappa shape index (κ3) is 4.12. The van der Waals surface area contributed by atoms with Crippen molar-refractivity contribution in [3.05, 3.63) is 65.5 Å². The molecule has 1 amide bonds. The van der Waals surface area contributed by atoms with E-state index in [9.17, 15) is 4.79 Å². The number of ether oxygens (including phenoxy) is 1. The van der Waals surface area contributed by atoms with Crippen LogP contribution in [-0.2, 0) is 18.0 Å². The minimum absolute atomic E-state index is 0.114. The van der Waals surface area contributed by atoms with Crippen LogP contribution in [0.3, 0.4) is 0 Å². The van der Waals surface area contributed by atoms with E-state index in [1.807, 2.05) is 30.3 Å². The lowest BCUT2D eigenvalue weighted by Crippen LogP contribution is -2.38. The molecule has 8 nitrogen and oxygen atoms in total. The molecular weight excluding hydrogens is 360 g/mol. The average molecular weight is 382 g/mol. The Morgan fingerprint density at radius 3 is 2.71 bits per heavy atom. The Kier molecular flexibility index (Phi) is 5.48. The fourth-order valence-electron chi connectivity index (χ4n) is 3.31. The maximum absolute atomic E-state index is 12.5. The van der Waals surface area contributed by atoms with Gasteiger partial charge in [0.25, 0.3) is 11.8 Å². The van der Waals surface area contributed by atoms with Gasteiger partial charge in [0.2, 0.25) is 5.76 Å². The third-order valence-corrected chi connectivity index (χ3v) is 4.91. The van der Waals surface area contributed by atoms with Gasteiger partial charge in [-0.05, 0) is 25.3 Å². The Balaban J connectivity index is 1.27. The summed E-state index contributed by atoms with van der Waals surface area (Å²) in [6.07, 6.45) is 2.86. The van der Waals surface area contributed by atoms with E-state index in [1.165, 1.54) is 6.39 Å². The summed E-state index contributed by atoms with van der Waals surface area (Å²) in [5, 5.41) is 4.10. The van der Waals surface area contributed by atoms with Crippen molar-refractivity contribution in [3.8, 4) is 0 Å². The van der Waals surface area contributed by atoms with Crippen LogP contribution < -0.4 is 0 Å². The van der Waals surface area contributed by atoms with Gasteiger partial charge in [0, 0.05) is 19.0 Å². The number of hydrogen-bond donors (Lipinski definition) is 0. The predicted octanol–water partition coefficient (Wildman–Crippen LogP) is 3.10. The normalized spacial score (nSPS) is 15.1. The van der Waals surface area contributed by atoms with Crippen molar-refractivity contribution < 1.29 is 18.5 Å². The first-order valence-electron chi connectivity index (χ1n) is 9.34. The summed E-state index contributed by atoms with van der Waals surface area (Å²) < 4.78 is 16.2. The maximum atomic E-state index is 12.5. The van der Waals surface area contributed by atoms with E-state index < -0.39 is 0 Å².